The molecule has 1 fully saturated rings. The SMILES string of the molecule is Cc1cc(Nc2ccc(NC(=O)c3c(F)cccc3Cl)cc2)nc(N2CCCCC2)n1. The number of carbonyl (C=O) groups excluding carboxylic acids is 1. The Hall–Kier alpha value is -3.19. The van der Waals surface area contributed by atoms with Crippen molar-refractivity contribution in [2.24, 2.45) is 0 Å². The number of hydrogen-bond donors (Lipinski definition) is 2. The lowest BCUT2D eigenvalue weighted by molar-refractivity contribution is 0.102. The number of nitrogens with one attached hydrogen (secondary N) is 2. The van der Waals surface area contributed by atoms with E-state index in [1.807, 2.05) is 25.1 Å². The van der Waals surface area contributed by atoms with Gasteiger partial charge in [0.25, 0.3) is 5.91 Å². The Morgan fingerprint density at radius 1 is 1.03 bits per heavy atom. The highest BCUT2D eigenvalue weighted by atomic mass is 35.5. The minimum Gasteiger partial charge on any atom is -0.341 e. The van der Waals surface area contributed by atoms with Crippen molar-refractivity contribution in [1.82, 2.24) is 9.97 Å². The number of hydrogen-bond acceptors (Lipinski definition) is 5. The molecular formula is C23H23ClFN5O. The maximum atomic E-state index is 13.9. The third-order valence-electron chi connectivity index (χ3n) is 5.09. The van der Waals surface area contributed by atoms with Gasteiger partial charge < -0.3 is 15.5 Å². The second-order valence-corrected chi connectivity index (χ2v) is 7.90. The molecule has 31 heavy (non-hydrogen) atoms. The summed E-state index contributed by atoms with van der Waals surface area (Å²) in [5, 5.41) is 6.02. The topological polar surface area (TPSA) is 70.2 Å². The number of halogens is 2. The molecule has 0 saturated carbocycles. The van der Waals surface area contributed by atoms with Crippen LogP contribution in [0, 0.1) is 12.7 Å². The summed E-state index contributed by atoms with van der Waals surface area (Å²) in [4.78, 5) is 23.8. The summed E-state index contributed by atoms with van der Waals surface area (Å²) in [6, 6.07) is 13.1. The Bertz CT molecular complexity index is 1060. The van der Waals surface area contributed by atoms with E-state index < -0.39 is 11.7 Å². The first-order chi connectivity index (χ1) is 15.0. The van der Waals surface area contributed by atoms with Crippen molar-refractivity contribution in [1.29, 1.82) is 0 Å². The molecule has 0 spiro atoms. The van der Waals surface area contributed by atoms with Gasteiger partial charge in [0.1, 0.15) is 11.6 Å². The fraction of sp³-hybridized carbons (Fsp3) is 0.261. The van der Waals surface area contributed by atoms with Crippen LogP contribution in [0.4, 0.5) is 27.5 Å². The Kier molecular flexibility index (Phi) is 6.32. The zero-order valence-electron chi connectivity index (χ0n) is 17.2. The van der Waals surface area contributed by atoms with Crippen molar-refractivity contribution >= 4 is 40.6 Å². The van der Waals surface area contributed by atoms with Crippen LogP contribution in [0.25, 0.3) is 0 Å². The predicted octanol–water partition coefficient (Wildman–Crippen LogP) is 5.56. The molecule has 160 valence electrons. The van der Waals surface area contributed by atoms with Gasteiger partial charge in [-0.1, -0.05) is 17.7 Å². The van der Waals surface area contributed by atoms with Gasteiger partial charge in [0.2, 0.25) is 5.95 Å². The first-order valence-corrected chi connectivity index (χ1v) is 10.6. The van der Waals surface area contributed by atoms with Gasteiger partial charge in [-0.3, -0.25) is 4.79 Å². The van der Waals surface area contributed by atoms with Crippen molar-refractivity contribution < 1.29 is 9.18 Å². The molecule has 2 heterocycles. The summed E-state index contributed by atoms with van der Waals surface area (Å²) in [6.07, 6.45) is 3.57. The normalized spacial score (nSPS) is 13.7. The molecular weight excluding hydrogens is 417 g/mol. The number of amides is 1. The monoisotopic (exact) mass is 439 g/mol. The summed E-state index contributed by atoms with van der Waals surface area (Å²) in [6.45, 7) is 3.90. The van der Waals surface area contributed by atoms with Gasteiger partial charge in [-0.05, 0) is 62.6 Å². The van der Waals surface area contributed by atoms with E-state index in [1.54, 1.807) is 12.1 Å². The fourth-order valence-corrected chi connectivity index (χ4v) is 3.79. The molecule has 6 nitrogen and oxygen atoms in total. The van der Waals surface area contributed by atoms with Crippen LogP contribution in [0.3, 0.4) is 0 Å². The van der Waals surface area contributed by atoms with Gasteiger partial charge in [-0.25, -0.2) is 9.37 Å². The van der Waals surface area contributed by atoms with E-state index in [9.17, 15) is 9.18 Å². The standard InChI is InChI=1S/C23H23ClFN5O/c1-15-14-20(29-23(26-15)30-12-3-2-4-13-30)27-16-8-10-17(11-9-16)28-22(31)21-18(24)6-5-7-19(21)25/h5-11,14H,2-4,12-13H2,1H3,(H,28,31)(H,26,27,29). The minimum absolute atomic E-state index is 0.0689. The number of carbonyl (C=O) groups is 1. The van der Waals surface area contributed by atoms with Crippen molar-refractivity contribution in [3.8, 4) is 0 Å². The summed E-state index contributed by atoms with van der Waals surface area (Å²) < 4.78 is 13.9. The maximum Gasteiger partial charge on any atom is 0.260 e. The largest absolute Gasteiger partial charge is 0.341 e. The van der Waals surface area contributed by atoms with E-state index >= 15 is 0 Å². The minimum atomic E-state index is -0.660. The zero-order chi connectivity index (χ0) is 21.8. The van der Waals surface area contributed by atoms with Crippen molar-refractivity contribution in [3.05, 3.63) is 70.6 Å². The number of anilines is 4. The lowest BCUT2D eigenvalue weighted by atomic mass is 10.1. The molecule has 2 N–H and O–H groups in total. The molecule has 1 amide bonds. The Morgan fingerprint density at radius 3 is 2.45 bits per heavy atom. The summed E-state index contributed by atoms with van der Waals surface area (Å²) >= 11 is 5.96. The molecule has 0 atom stereocenters. The van der Waals surface area contributed by atoms with Crippen LogP contribution in [-0.4, -0.2) is 29.0 Å². The quantitative estimate of drug-likeness (QED) is 0.544. The van der Waals surface area contributed by atoms with Gasteiger partial charge in [0.15, 0.2) is 0 Å². The highest BCUT2D eigenvalue weighted by molar-refractivity contribution is 6.34. The second-order valence-electron chi connectivity index (χ2n) is 7.50. The third-order valence-corrected chi connectivity index (χ3v) is 5.40. The molecule has 1 aliphatic heterocycles. The predicted molar refractivity (Wildman–Crippen MR) is 122 cm³/mol. The van der Waals surface area contributed by atoms with E-state index in [4.69, 9.17) is 11.6 Å². The maximum absolute atomic E-state index is 13.9. The number of rotatable bonds is 5. The summed E-state index contributed by atoms with van der Waals surface area (Å²) in [5.41, 5.74) is 2.06. The van der Waals surface area contributed by atoms with Gasteiger partial charge in [0.05, 0.1) is 10.6 Å². The third kappa shape index (κ3) is 5.11. The molecule has 1 aromatic heterocycles. The Balaban J connectivity index is 1.45. The second kappa shape index (κ2) is 9.31. The van der Waals surface area contributed by atoms with Crippen LogP contribution in [0.2, 0.25) is 5.02 Å². The van der Waals surface area contributed by atoms with Gasteiger partial charge >= 0.3 is 0 Å². The van der Waals surface area contributed by atoms with Crippen LogP contribution >= 0.6 is 11.6 Å². The van der Waals surface area contributed by atoms with Crippen molar-refractivity contribution in [2.75, 3.05) is 28.6 Å². The van der Waals surface area contributed by atoms with Crippen LogP contribution in [-0.2, 0) is 0 Å². The summed E-state index contributed by atoms with van der Waals surface area (Å²) in [7, 11) is 0. The van der Waals surface area contributed by atoms with E-state index in [-0.39, 0.29) is 10.6 Å². The van der Waals surface area contributed by atoms with E-state index in [0.29, 0.717) is 11.5 Å². The fourth-order valence-electron chi connectivity index (χ4n) is 3.55. The average Bonchev–Trinajstić information content (AvgIpc) is 2.75. The Morgan fingerprint density at radius 2 is 1.74 bits per heavy atom. The average molecular weight is 440 g/mol. The van der Waals surface area contributed by atoms with Crippen LogP contribution in [0.5, 0.6) is 0 Å². The Labute approximate surface area is 185 Å². The molecule has 3 aromatic rings. The van der Waals surface area contributed by atoms with Gasteiger partial charge in [-0.2, -0.15) is 4.98 Å². The number of aromatic nitrogens is 2. The number of nitrogens with zero attached hydrogens (tertiary/aromatic N) is 3. The van der Waals surface area contributed by atoms with Crippen LogP contribution in [0.1, 0.15) is 35.3 Å². The first-order valence-electron chi connectivity index (χ1n) is 10.2. The molecule has 0 bridgehead atoms. The molecule has 1 aliphatic rings. The smallest absolute Gasteiger partial charge is 0.260 e. The highest BCUT2D eigenvalue weighted by Gasteiger charge is 2.16. The molecule has 0 unspecified atom stereocenters. The molecule has 1 saturated heterocycles. The first kappa shape index (κ1) is 21.1. The molecule has 0 aliphatic carbocycles. The molecule has 0 radical (unpaired) electrons. The molecule has 2 aromatic carbocycles. The summed E-state index contributed by atoms with van der Waals surface area (Å²) in [5.74, 6) is 0.198. The number of benzene rings is 2. The highest BCUT2D eigenvalue weighted by Crippen LogP contribution is 2.24. The van der Waals surface area contributed by atoms with Gasteiger partial charge in [-0.15, -0.1) is 0 Å². The zero-order valence-corrected chi connectivity index (χ0v) is 17.9. The van der Waals surface area contributed by atoms with E-state index in [2.05, 4.69) is 25.5 Å². The molecule has 4 rings (SSSR count). The molecule has 8 heteroatoms. The number of aryl methyl sites for hydroxylation is 1. The van der Waals surface area contributed by atoms with E-state index in [0.717, 1.165) is 43.3 Å². The number of piperidine rings is 1. The lowest BCUT2D eigenvalue weighted by Gasteiger charge is -2.27. The van der Waals surface area contributed by atoms with Crippen molar-refractivity contribution in [2.45, 2.75) is 26.2 Å². The van der Waals surface area contributed by atoms with E-state index in [1.165, 1.54) is 24.6 Å². The van der Waals surface area contributed by atoms with Crippen molar-refractivity contribution in [3.63, 3.8) is 0 Å². The lowest BCUT2D eigenvalue weighted by Crippen LogP contribution is -2.31. The van der Waals surface area contributed by atoms with Crippen LogP contribution < -0.4 is 15.5 Å². The van der Waals surface area contributed by atoms with Crippen LogP contribution in [0.15, 0.2) is 48.5 Å². The van der Waals surface area contributed by atoms with Gasteiger partial charge in [0, 0.05) is 36.2 Å².